The number of carbonyl (C=O) groups is 2. The Morgan fingerprint density at radius 1 is 1.52 bits per heavy atom. The predicted octanol–water partition coefficient (Wildman–Crippen LogP) is 0.568. The summed E-state index contributed by atoms with van der Waals surface area (Å²) in [7, 11) is 1.55. The third kappa shape index (κ3) is 2.71. The van der Waals surface area contributed by atoms with E-state index in [1.165, 1.54) is 4.90 Å². The third-order valence-electron chi connectivity index (χ3n) is 4.02. The van der Waals surface area contributed by atoms with Crippen molar-refractivity contribution in [1.82, 2.24) is 5.32 Å². The lowest BCUT2D eigenvalue weighted by Crippen LogP contribution is -2.44. The van der Waals surface area contributed by atoms with Crippen LogP contribution in [0.3, 0.4) is 0 Å². The minimum atomic E-state index is -0.219. The number of fused-ring (bicyclic) bond motifs is 1. The Bertz CT molecular complexity index is 584. The van der Waals surface area contributed by atoms with Crippen LogP contribution in [0.5, 0.6) is 5.75 Å². The normalized spacial score (nSPS) is 18.8. The van der Waals surface area contributed by atoms with Crippen LogP contribution in [0, 0.1) is 5.92 Å². The summed E-state index contributed by atoms with van der Waals surface area (Å²) in [6.07, 6.45) is 2.30. The average Bonchev–Trinajstić information content (AvgIpc) is 3.33. The molecule has 112 valence electrons. The van der Waals surface area contributed by atoms with Crippen molar-refractivity contribution in [2.45, 2.75) is 18.9 Å². The van der Waals surface area contributed by atoms with Crippen molar-refractivity contribution in [2.24, 2.45) is 11.7 Å². The zero-order valence-corrected chi connectivity index (χ0v) is 12.0. The highest BCUT2D eigenvalue weighted by Crippen LogP contribution is 2.42. The Morgan fingerprint density at radius 3 is 2.95 bits per heavy atom. The van der Waals surface area contributed by atoms with Gasteiger partial charge in [-0.2, -0.15) is 0 Å². The van der Waals surface area contributed by atoms with Gasteiger partial charge in [0, 0.05) is 13.1 Å². The summed E-state index contributed by atoms with van der Waals surface area (Å²) in [6.45, 7) is -0.0498. The van der Waals surface area contributed by atoms with Gasteiger partial charge in [-0.25, -0.2) is 0 Å². The molecule has 1 aliphatic carbocycles. The molecule has 6 nitrogen and oxygen atoms in total. The van der Waals surface area contributed by atoms with Crippen LogP contribution in [-0.4, -0.2) is 32.0 Å². The standard InChI is InChI=1S/C15H19N3O3/c1-17-13(19)7-18-11-6-10(15(16)9-2-3-9)4-5-12(11)21-8-14(18)20/h4-6,9,15H,2-3,7-8,16H2,1H3,(H,17,19). The summed E-state index contributed by atoms with van der Waals surface area (Å²) in [5, 5.41) is 2.53. The monoisotopic (exact) mass is 289 g/mol. The first kappa shape index (κ1) is 13.9. The number of likely N-dealkylation sites (N-methyl/N-ethyl adjacent to an activating group) is 1. The molecule has 0 saturated heterocycles. The number of nitrogens with two attached hydrogens (primary N) is 1. The first-order chi connectivity index (χ1) is 10.1. The maximum atomic E-state index is 12.0. The van der Waals surface area contributed by atoms with E-state index in [9.17, 15) is 9.59 Å². The first-order valence-electron chi connectivity index (χ1n) is 7.13. The van der Waals surface area contributed by atoms with Gasteiger partial charge in [0.05, 0.1) is 5.69 Å². The zero-order chi connectivity index (χ0) is 15.0. The number of ether oxygens (including phenoxy) is 1. The number of amides is 2. The molecular formula is C15H19N3O3. The molecule has 1 aromatic carbocycles. The largest absolute Gasteiger partial charge is 0.482 e. The Balaban J connectivity index is 1.92. The van der Waals surface area contributed by atoms with Gasteiger partial charge in [0.15, 0.2) is 6.61 Å². The smallest absolute Gasteiger partial charge is 0.265 e. The summed E-state index contributed by atoms with van der Waals surface area (Å²) in [5.74, 6) is 0.706. The van der Waals surface area contributed by atoms with Crippen LogP contribution < -0.4 is 20.7 Å². The van der Waals surface area contributed by atoms with Crippen molar-refractivity contribution in [3.05, 3.63) is 23.8 Å². The van der Waals surface area contributed by atoms with Gasteiger partial charge in [0.25, 0.3) is 5.91 Å². The predicted molar refractivity (Wildman–Crippen MR) is 78.0 cm³/mol. The molecule has 1 atom stereocenters. The summed E-state index contributed by atoms with van der Waals surface area (Å²) in [4.78, 5) is 25.1. The second-order valence-electron chi connectivity index (χ2n) is 5.53. The fourth-order valence-electron chi connectivity index (χ4n) is 2.55. The molecule has 2 aliphatic rings. The van der Waals surface area contributed by atoms with E-state index < -0.39 is 0 Å². The van der Waals surface area contributed by atoms with Gasteiger partial charge in [-0.15, -0.1) is 0 Å². The molecule has 1 aromatic rings. The van der Waals surface area contributed by atoms with Gasteiger partial charge in [0.1, 0.15) is 12.3 Å². The molecule has 21 heavy (non-hydrogen) atoms. The van der Waals surface area contributed by atoms with Crippen LogP contribution in [-0.2, 0) is 9.59 Å². The second-order valence-corrected chi connectivity index (χ2v) is 5.53. The summed E-state index contributed by atoms with van der Waals surface area (Å²) in [5.41, 5.74) is 7.83. The Morgan fingerprint density at radius 2 is 2.29 bits per heavy atom. The number of rotatable bonds is 4. The van der Waals surface area contributed by atoms with Gasteiger partial charge in [-0.3, -0.25) is 14.5 Å². The Hall–Kier alpha value is -2.08. The van der Waals surface area contributed by atoms with Gasteiger partial charge < -0.3 is 15.8 Å². The highest BCUT2D eigenvalue weighted by molar-refractivity contribution is 6.02. The zero-order valence-electron chi connectivity index (χ0n) is 12.0. The van der Waals surface area contributed by atoms with E-state index in [0.29, 0.717) is 17.4 Å². The fraction of sp³-hybridized carbons (Fsp3) is 0.467. The molecule has 0 radical (unpaired) electrons. The number of nitrogens with zero attached hydrogens (tertiary/aromatic N) is 1. The molecule has 0 bridgehead atoms. The molecule has 1 saturated carbocycles. The Labute approximate surface area is 123 Å². The molecule has 3 rings (SSSR count). The van der Waals surface area contributed by atoms with Crippen LogP contribution in [0.2, 0.25) is 0 Å². The van der Waals surface area contributed by atoms with Crippen molar-refractivity contribution >= 4 is 17.5 Å². The molecular weight excluding hydrogens is 270 g/mol. The number of carbonyl (C=O) groups excluding carboxylic acids is 2. The lowest BCUT2D eigenvalue weighted by Gasteiger charge is -2.29. The molecule has 2 amide bonds. The molecule has 0 spiro atoms. The van der Waals surface area contributed by atoms with E-state index in [1.807, 2.05) is 18.2 Å². The van der Waals surface area contributed by atoms with Crippen molar-refractivity contribution in [1.29, 1.82) is 0 Å². The maximum absolute atomic E-state index is 12.0. The number of hydrogen-bond acceptors (Lipinski definition) is 4. The van der Waals surface area contributed by atoms with E-state index in [2.05, 4.69) is 5.32 Å². The van der Waals surface area contributed by atoms with Gasteiger partial charge in [0.2, 0.25) is 5.91 Å². The topological polar surface area (TPSA) is 84.7 Å². The fourth-order valence-corrected chi connectivity index (χ4v) is 2.55. The van der Waals surface area contributed by atoms with E-state index in [0.717, 1.165) is 18.4 Å². The van der Waals surface area contributed by atoms with E-state index in [-0.39, 0.29) is 31.0 Å². The maximum Gasteiger partial charge on any atom is 0.265 e. The number of nitrogens with one attached hydrogen (secondary N) is 1. The van der Waals surface area contributed by atoms with Crippen molar-refractivity contribution in [3.63, 3.8) is 0 Å². The van der Waals surface area contributed by atoms with E-state index >= 15 is 0 Å². The Kier molecular flexibility index (Phi) is 3.55. The van der Waals surface area contributed by atoms with E-state index in [1.54, 1.807) is 7.05 Å². The highest BCUT2D eigenvalue weighted by Gasteiger charge is 2.32. The van der Waals surface area contributed by atoms with Crippen LogP contribution in [0.4, 0.5) is 5.69 Å². The number of hydrogen-bond donors (Lipinski definition) is 2. The van der Waals surface area contributed by atoms with E-state index in [4.69, 9.17) is 10.5 Å². The van der Waals surface area contributed by atoms with Crippen LogP contribution >= 0.6 is 0 Å². The number of anilines is 1. The third-order valence-corrected chi connectivity index (χ3v) is 4.02. The average molecular weight is 289 g/mol. The van der Waals surface area contributed by atoms with Crippen LogP contribution in [0.15, 0.2) is 18.2 Å². The minimum absolute atomic E-state index is 0.00614. The lowest BCUT2D eigenvalue weighted by atomic mass is 10.0. The second kappa shape index (κ2) is 5.37. The number of benzene rings is 1. The molecule has 0 aromatic heterocycles. The molecule has 3 N–H and O–H groups in total. The van der Waals surface area contributed by atoms with Crippen molar-refractivity contribution < 1.29 is 14.3 Å². The van der Waals surface area contributed by atoms with Crippen LogP contribution in [0.1, 0.15) is 24.4 Å². The summed E-state index contributed by atoms with van der Waals surface area (Å²) >= 11 is 0. The van der Waals surface area contributed by atoms with Crippen molar-refractivity contribution in [2.75, 3.05) is 25.1 Å². The van der Waals surface area contributed by atoms with Crippen molar-refractivity contribution in [3.8, 4) is 5.75 Å². The highest BCUT2D eigenvalue weighted by atomic mass is 16.5. The van der Waals surface area contributed by atoms with Crippen LogP contribution in [0.25, 0.3) is 0 Å². The molecule has 1 fully saturated rings. The molecule has 6 heteroatoms. The van der Waals surface area contributed by atoms with Gasteiger partial charge in [-0.05, 0) is 36.5 Å². The first-order valence-corrected chi connectivity index (χ1v) is 7.13. The minimum Gasteiger partial charge on any atom is -0.482 e. The summed E-state index contributed by atoms with van der Waals surface area (Å²) in [6, 6.07) is 5.62. The summed E-state index contributed by atoms with van der Waals surface area (Å²) < 4.78 is 5.43. The lowest BCUT2D eigenvalue weighted by molar-refractivity contribution is -0.125. The molecule has 1 aliphatic heterocycles. The molecule has 1 heterocycles. The van der Waals surface area contributed by atoms with Gasteiger partial charge in [-0.1, -0.05) is 6.07 Å². The molecule has 1 unspecified atom stereocenters. The quantitative estimate of drug-likeness (QED) is 0.848. The SMILES string of the molecule is CNC(=O)CN1C(=O)COc2ccc(C(N)C3CC3)cc21. The van der Waals surface area contributed by atoms with Gasteiger partial charge >= 0.3 is 0 Å².